The van der Waals surface area contributed by atoms with Gasteiger partial charge in [0.1, 0.15) is 0 Å². The summed E-state index contributed by atoms with van der Waals surface area (Å²) in [6, 6.07) is 2.02. The standard InChI is InChI=1S/C13H17N3O.C2H6.2H2/c14-16-13(17)15-12-10-5-1-3-8(10)7-9-4-2-6-11(9)12;1-2;;/h7H,1-6,14H2,(H2,15,16,17);1-2H3;2*1H. The van der Waals surface area contributed by atoms with Gasteiger partial charge in [0.25, 0.3) is 0 Å². The number of carbonyl (C=O) groups excluding carboxylic acids is 1. The fraction of sp³-hybridized carbons (Fsp3) is 0.533. The first kappa shape index (κ1) is 13.9. The van der Waals surface area contributed by atoms with Crippen molar-refractivity contribution in [3.05, 3.63) is 28.3 Å². The van der Waals surface area contributed by atoms with Crippen LogP contribution in [0.25, 0.3) is 0 Å². The van der Waals surface area contributed by atoms with Crippen molar-refractivity contribution < 1.29 is 7.65 Å². The number of carbonyl (C=O) groups is 1. The molecule has 1 aromatic rings. The van der Waals surface area contributed by atoms with Crippen molar-refractivity contribution in [2.24, 2.45) is 5.84 Å². The number of hydrogen-bond donors (Lipinski definition) is 3. The molecule has 0 radical (unpaired) electrons. The molecule has 4 heteroatoms. The van der Waals surface area contributed by atoms with Gasteiger partial charge in [0.2, 0.25) is 0 Å². The molecule has 2 aliphatic rings. The molecule has 3 rings (SSSR count). The minimum Gasteiger partial charge on any atom is -0.306 e. The van der Waals surface area contributed by atoms with Gasteiger partial charge in [-0.05, 0) is 60.8 Å². The lowest BCUT2D eigenvalue weighted by Gasteiger charge is -2.15. The molecule has 2 aliphatic carbocycles. The Bertz CT molecular complexity index is 460. The molecule has 0 saturated heterocycles. The van der Waals surface area contributed by atoms with E-state index >= 15 is 0 Å². The zero-order chi connectivity index (χ0) is 13.8. The molecule has 0 atom stereocenters. The summed E-state index contributed by atoms with van der Waals surface area (Å²) in [6.45, 7) is 4.00. The average Bonchev–Trinajstić information content (AvgIpc) is 3.08. The number of aryl methyl sites for hydroxylation is 2. The molecular weight excluding hydrogens is 238 g/mol. The predicted octanol–water partition coefficient (Wildman–Crippen LogP) is 3.18. The van der Waals surface area contributed by atoms with E-state index in [1.807, 2.05) is 13.8 Å². The highest BCUT2D eigenvalue weighted by Crippen LogP contribution is 2.38. The van der Waals surface area contributed by atoms with Gasteiger partial charge in [0.05, 0.1) is 0 Å². The van der Waals surface area contributed by atoms with Crippen LogP contribution in [0.1, 0.15) is 51.8 Å². The average molecular weight is 265 g/mol. The molecule has 0 unspecified atom stereocenters. The monoisotopic (exact) mass is 265 g/mol. The van der Waals surface area contributed by atoms with Gasteiger partial charge in [-0.15, -0.1) is 0 Å². The van der Waals surface area contributed by atoms with Gasteiger partial charge in [0.15, 0.2) is 0 Å². The number of anilines is 1. The second kappa shape index (κ2) is 6.06. The third-order valence-corrected chi connectivity index (χ3v) is 3.84. The Hall–Kier alpha value is -1.55. The zero-order valence-corrected chi connectivity index (χ0v) is 11.8. The van der Waals surface area contributed by atoms with Crippen molar-refractivity contribution >= 4 is 11.7 Å². The molecule has 0 aromatic heterocycles. The number of rotatable bonds is 1. The number of amides is 2. The molecule has 0 spiro atoms. The summed E-state index contributed by atoms with van der Waals surface area (Å²) in [7, 11) is 0. The maximum absolute atomic E-state index is 11.4. The smallest absolute Gasteiger partial charge is 0.306 e. The van der Waals surface area contributed by atoms with Gasteiger partial charge in [-0.25, -0.2) is 10.6 Å². The first-order chi connectivity index (χ1) is 9.29. The van der Waals surface area contributed by atoms with E-state index in [0.717, 1.165) is 31.4 Å². The number of nitrogens with one attached hydrogen (secondary N) is 2. The van der Waals surface area contributed by atoms with Gasteiger partial charge in [-0.3, -0.25) is 5.43 Å². The van der Waals surface area contributed by atoms with E-state index in [0.29, 0.717) is 0 Å². The summed E-state index contributed by atoms with van der Waals surface area (Å²) in [5.74, 6) is 5.15. The first-order valence-corrected chi connectivity index (χ1v) is 7.23. The topological polar surface area (TPSA) is 67.1 Å². The van der Waals surface area contributed by atoms with E-state index in [1.165, 1.54) is 35.1 Å². The second-order valence-electron chi connectivity index (χ2n) is 4.83. The fourth-order valence-corrected chi connectivity index (χ4v) is 3.12. The molecule has 0 saturated carbocycles. The van der Waals surface area contributed by atoms with Crippen LogP contribution in [-0.4, -0.2) is 6.03 Å². The maximum atomic E-state index is 11.4. The van der Waals surface area contributed by atoms with Gasteiger partial charge in [-0.2, -0.15) is 0 Å². The molecule has 1 aromatic carbocycles. The van der Waals surface area contributed by atoms with Crippen LogP contribution < -0.4 is 16.6 Å². The van der Waals surface area contributed by atoms with Crippen LogP contribution in [0.15, 0.2) is 6.07 Å². The fourth-order valence-electron chi connectivity index (χ4n) is 3.12. The van der Waals surface area contributed by atoms with Crippen LogP contribution in [0, 0.1) is 0 Å². The third-order valence-electron chi connectivity index (χ3n) is 3.84. The van der Waals surface area contributed by atoms with Crippen molar-refractivity contribution in [1.82, 2.24) is 5.43 Å². The van der Waals surface area contributed by atoms with Gasteiger partial charge >= 0.3 is 6.03 Å². The normalized spacial score (nSPS) is 15.1. The van der Waals surface area contributed by atoms with Crippen molar-refractivity contribution in [3.63, 3.8) is 0 Å². The molecule has 0 bridgehead atoms. The highest BCUT2D eigenvalue weighted by Gasteiger charge is 2.24. The number of urea groups is 1. The van der Waals surface area contributed by atoms with E-state index in [9.17, 15) is 4.79 Å². The predicted molar refractivity (Wildman–Crippen MR) is 82.4 cm³/mol. The summed E-state index contributed by atoms with van der Waals surface area (Å²) in [5.41, 5.74) is 8.67. The van der Waals surface area contributed by atoms with Crippen LogP contribution in [0.4, 0.5) is 10.5 Å². The summed E-state index contributed by atoms with van der Waals surface area (Å²) in [4.78, 5) is 11.4. The number of hydrogen-bond acceptors (Lipinski definition) is 2. The highest BCUT2D eigenvalue weighted by molar-refractivity contribution is 5.91. The summed E-state index contributed by atoms with van der Waals surface area (Å²) in [6.07, 6.45) is 6.81. The van der Waals surface area contributed by atoms with Crippen molar-refractivity contribution in [2.75, 3.05) is 5.32 Å². The molecule has 4 N–H and O–H groups in total. The Morgan fingerprint density at radius 1 is 1.11 bits per heavy atom. The quantitative estimate of drug-likeness (QED) is 0.415. The van der Waals surface area contributed by atoms with Crippen LogP contribution in [0.5, 0.6) is 0 Å². The summed E-state index contributed by atoms with van der Waals surface area (Å²) in [5, 5.41) is 2.92. The van der Waals surface area contributed by atoms with Crippen LogP contribution in [-0.2, 0) is 25.7 Å². The minimum absolute atomic E-state index is 0. The molecule has 0 heterocycles. The number of fused-ring (bicyclic) bond motifs is 2. The van der Waals surface area contributed by atoms with Crippen molar-refractivity contribution in [1.29, 1.82) is 0 Å². The van der Waals surface area contributed by atoms with Gasteiger partial charge < -0.3 is 5.32 Å². The van der Waals surface area contributed by atoms with Crippen LogP contribution in [0.3, 0.4) is 0 Å². The Balaban J connectivity index is 0.000000961. The van der Waals surface area contributed by atoms with Crippen LogP contribution in [0.2, 0.25) is 0 Å². The summed E-state index contributed by atoms with van der Waals surface area (Å²) >= 11 is 0. The molecule has 108 valence electrons. The van der Waals surface area contributed by atoms with Crippen molar-refractivity contribution in [2.45, 2.75) is 52.4 Å². The number of hydrazine groups is 1. The lowest BCUT2D eigenvalue weighted by atomic mass is 9.99. The second-order valence-corrected chi connectivity index (χ2v) is 4.83. The molecular formula is C15H27N3O. The zero-order valence-electron chi connectivity index (χ0n) is 11.8. The van der Waals surface area contributed by atoms with E-state index < -0.39 is 0 Å². The van der Waals surface area contributed by atoms with E-state index in [2.05, 4.69) is 16.8 Å². The molecule has 2 amide bonds. The Labute approximate surface area is 117 Å². The maximum Gasteiger partial charge on any atom is 0.333 e. The van der Waals surface area contributed by atoms with Crippen LogP contribution >= 0.6 is 0 Å². The van der Waals surface area contributed by atoms with Crippen molar-refractivity contribution in [3.8, 4) is 0 Å². The summed E-state index contributed by atoms with van der Waals surface area (Å²) < 4.78 is 0. The SMILES string of the molecule is CC.NNC(=O)Nc1c2c(cc3c1CCC3)CCC2.[HH].[HH]. The van der Waals surface area contributed by atoms with Gasteiger partial charge in [-0.1, -0.05) is 19.9 Å². The largest absolute Gasteiger partial charge is 0.333 e. The Morgan fingerprint density at radius 2 is 1.63 bits per heavy atom. The molecule has 0 fully saturated rings. The van der Waals surface area contributed by atoms with Gasteiger partial charge in [0, 0.05) is 8.54 Å². The molecule has 19 heavy (non-hydrogen) atoms. The Morgan fingerprint density at radius 3 is 2.11 bits per heavy atom. The number of benzene rings is 1. The first-order valence-electron chi connectivity index (χ1n) is 7.23. The third kappa shape index (κ3) is 2.59. The highest BCUT2D eigenvalue weighted by atomic mass is 16.2. The lowest BCUT2D eigenvalue weighted by molar-refractivity contribution is 0.252. The minimum atomic E-state index is -0.320. The van der Waals surface area contributed by atoms with E-state index in [4.69, 9.17) is 5.84 Å². The molecule has 0 aliphatic heterocycles. The number of nitrogens with two attached hydrogens (primary N) is 1. The lowest BCUT2D eigenvalue weighted by Crippen LogP contribution is -2.35. The van der Waals surface area contributed by atoms with E-state index in [1.54, 1.807) is 0 Å². The molecule has 4 nitrogen and oxygen atoms in total. The van der Waals surface area contributed by atoms with E-state index in [-0.39, 0.29) is 8.88 Å². The Kier molecular flexibility index (Phi) is 4.43.